The molecule has 0 bridgehead atoms. The van der Waals surface area contributed by atoms with Crippen LogP contribution in [0.4, 0.5) is 5.69 Å². The summed E-state index contributed by atoms with van der Waals surface area (Å²) < 4.78 is 10.5. The highest BCUT2D eigenvalue weighted by Crippen LogP contribution is 2.28. The Labute approximate surface area is 130 Å². The number of carbonyl (C=O) groups excluding carboxylic acids is 1. The number of H-pyrrole nitrogens is 1. The molecule has 0 aliphatic carbocycles. The summed E-state index contributed by atoms with van der Waals surface area (Å²) in [5, 5.41) is 1.10. The molecule has 0 amide bonds. The van der Waals surface area contributed by atoms with Crippen LogP contribution in [0.3, 0.4) is 0 Å². The standard InChI is InChI=1S/C17H22N2O3/c1-3-13-14-6-5-12(19-7-9-21-10-8-19)11-15(14)18-16(13)17(20)22-4-2/h5-6,11,18H,3-4,7-10H2,1-2H3. The Kier molecular flexibility index (Phi) is 4.34. The van der Waals surface area contributed by atoms with Crippen LogP contribution in [-0.4, -0.2) is 43.9 Å². The summed E-state index contributed by atoms with van der Waals surface area (Å²) in [6, 6.07) is 6.33. The maximum absolute atomic E-state index is 12.1. The SMILES string of the molecule is CCOC(=O)c1[nH]c2cc(N3CCOCC3)ccc2c1CC. The second kappa shape index (κ2) is 6.40. The van der Waals surface area contributed by atoms with E-state index < -0.39 is 0 Å². The average molecular weight is 302 g/mol. The summed E-state index contributed by atoms with van der Waals surface area (Å²) in [5.41, 5.74) is 3.76. The minimum atomic E-state index is -0.275. The van der Waals surface area contributed by atoms with E-state index in [1.54, 1.807) is 0 Å². The molecule has 0 unspecified atom stereocenters. The van der Waals surface area contributed by atoms with Crippen molar-refractivity contribution in [3.63, 3.8) is 0 Å². The number of fused-ring (bicyclic) bond motifs is 1. The molecule has 1 fully saturated rings. The van der Waals surface area contributed by atoms with Gasteiger partial charge in [0, 0.05) is 29.7 Å². The number of nitrogens with one attached hydrogen (secondary N) is 1. The van der Waals surface area contributed by atoms with Crippen LogP contribution in [-0.2, 0) is 15.9 Å². The first kappa shape index (κ1) is 14.9. The molecule has 2 heterocycles. The molecule has 1 saturated heterocycles. The third kappa shape index (κ3) is 2.68. The first-order valence-corrected chi connectivity index (χ1v) is 7.89. The molecule has 5 heteroatoms. The minimum absolute atomic E-state index is 0.275. The molecule has 0 atom stereocenters. The van der Waals surface area contributed by atoms with Gasteiger partial charge in [-0.05, 0) is 31.0 Å². The van der Waals surface area contributed by atoms with Crippen LogP contribution in [0.1, 0.15) is 29.9 Å². The minimum Gasteiger partial charge on any atom is -0.461 e. The number of ether oxygens (including phenoxy) is 2. The first-order chi connectivity index (χ1) is 10.7. The molecule has 118 valence electrons. The van der Waals surface area contributed by atoms with Crippen molar-refractivity contribution in [1.29, 1.82) is 0 Å². The van der Waals surface area contributed by atoms with Gasteiger partial charge in [-0.15, -0.1) is 0 Å². The predicted octanol–water partition coefficient (Wildman–Crippen LogP) is 2.74. The molecule has 1 aromatic heterocycles. The highest BCUT2D eigenvalue weighted by Gasteiger charge is 2.19. The number of rotatable bonds is 4. The molecule has 22 heavy (non-hydrogen) atoms. The van der Waals surface area contributed by atoms with Gasteiger partial charge in [0.1, 0.15) is 5.69 Å². The average Bonchev–Trinajstić information content (AvgIpc) is 2.93. The van der Waals surface area contributed by atoms with Gasteiger partial charge in [-0.25, -0.2) is 4.79 Å². The molecular formula is C17H22N2O3. The fourth-order valence-corrected chi connectivity index (χ4v) is 3.01. The third-order valence-electron chi connectivity index (χ3n) is 4.10. The number of nitrogens with zero attached hydrogens (tertiary/aromatic N) is 1. The van der Waals surface area contributed by atoms with E-state index in [-0.39, 0.29) is 5.97 Å². The summed E-state index contributed by atoms with van der Waals surface area (Å²) in [6.07, 6.45) is 0.797. The van der Waals surface area contributed by atoms with Crippen LogP contribution in [0.5, 0.6) is 0 Å². The lowest BCUT2D eigenvalue weighted by Gasteiger charge is -2.28. The summed E-state index contributed by atoms with van der Waals surface area (Å²) in [6.45, 7) is 7.59. The van der Waals surface area contributed by atoms with E-state index in [1.807, 2.05) is 6.92 Å². The Hall–Kier alpha value is -2.01. The van der Waals surface area contributed by atoms with E-state index >= 15 is 0 Å². The number of morpholine rings is 1. The highest BCUT2D eigenvalue weighted by atomic mass is 16.5. The Morgan fingerprint density at radius 3 is 2.77 bits per heavy atom. The van der Waals surface area contributed by atoms with Crippen molar-refractivity contribution in [2.75, 3.05) is 37.8 Å². The molecule has 1 aliphatic rings. The van der Waals surface area contributed by atoms with Gasteiger partial charge in [0.15, 0.2) is 0 Å². The predicted molar refractivity (Wildman–Crippen MR) is 86.7 cm³/mol. The number of hydrogen-bond acceptors (Lipinski definition) is 4. The van der Waals surface area contributed by atoms with Gasteiger partial charge in [0.25, 0.3) is 0 Å². The number of aromatic amines is 1. The van der Waals surface area contributed by atoms with E-state index in [0.29, 0.717) is 12.3 Å². The van der Waals surface area contributed by atoms with Gasteiger partial charge in [-0.1, -0.05) is 13.0 Å². The van der Waals surface area contributed by atoms with Gasteiger partial charge in [-0.2, -0.15) is 0 Å². The molecule has 0 saturated carbocycles. The van der Waals surface area contributed by atoms with Crippen molar-refractivity contribution < 1.29 is 14.3 Å². The summed E-state index contributed by atoms with van der Waals surface area (Å²) >= 11 is 0. The maximum Gasteiger partial charge on any atom is 0.355 e. The smallest absolute Gasteiger partial charge is 0.355 e. The summed E-state index contributed by atoms with van der Waals surface area (Å²) in [7, 11) is 0. The topological polar surface area (TPSA) is 54.6 Å². The number of benzene rings is 1. The van der Waals surface area contributed by atoms with Crippen molar-refractivity contribution in [1.82, 2.24) is 4.98 Å². The molecule has 1 N–H and O–H groups in total. The largest absolute Gasteiger partial charge is 0.461 e. The van der Waals surface area contributed by atoms with E-state index in [9.17, 15) is 4.79 Å². The van der Waals surface area contributed by atoms with Crippen molar-refractivity contribution >= 4 is 22.6 Å². The van der Waals surface area contributed by atoms with Crippen LogP contribution in [0, 0.1) is 0 Å². The Morgan fingerprint density at radius 1 is 1.32 bits per heavy atom. The molecule has 3 rings (SSSR count). The highest BCUT2D eigenvalue weighted by molar-refractivity contribution is 5.99. The van der Waals surface area contributed by atoms with Gasteiger partial charge in [0.05, 0.1) is 19.8 Å². The molecule has 2 aromatic rings. The second-order valence-corrected chi connectivity index (χ2v) is 5.38. The van der Waals surface area contributed by atoms with Crippen molar-refractivity contribution in [3.8, 4) is 0 Å². The number of hydrogen-bond donors (Lipinski definition) is 1. The van der Waals surface area contributed by atoms with Crippen molar-refractivity contribution in [3.05, 3.63) is 29.5 Å². The second-order valence-electron chi connectivity index (χ2n) is 5.38. The third-order valence-corrected chi connectivity index (χ3v) is 4.10. The van der Waals surface area contributed by atoms with Gasteiger partial charge < -0.3 is 19.4 Å². The van der Waals surface area contributed by atoms with Crippen molar-refractivity contribution in [2.24, 2.45) is 0 Å². The first-order valence-electron chi connectivity index (χ1n) is 7.89. The van der Waals surface area contributed by atoms with Crippen LogP contribution in [0.2, 0.25) is 0 Å². The van der Waals surface area contributed by atoms with Gasteiger partial charge >= 0.3 is 5.97 Å². The number of aryl methyl sites for hydroxylation is 1. The van der Waals surface area contributed by atoms with Crippen molar-refractivity contribution in [2.45, 2.75) is 20.3 Å². The van der Waals surface area contributed by atoms with Crippen LogP contribution >= 0.6 is 0 Å². The maximum atomic E-state index is 12.1. The molecule has 1 aliphatic heterocycles. The zero-order valence-corrected chi connectivity index (χ0v) is 13.1. The lowest BCUT2D eigenvalue weighted by Crippen LogP contribution is -2.36. The number of anilines is 1. The summed E-state index contributed by atoms with van der Waals surface area (Å²) in [5.74, 6) is -0.275. The molecular weight excluding hydrogens is 280 g/mol. The fourth-order valence-electron chi connectivity index (χ4n) is 3.01. The van der Waals surface area contributed by atoms with Gasteiger partial charge in [-0.3, -0.25) is 0 Å². The lowest BCUT2D eigenvalue weighted by molar-refractivity contribution is 0.0519. The van der Waals surface area contributed by atoms with Gasteiger partial charge in [0.2, 0.25) is 0 Å². The van der Waals surface area contributed by atoms with E-state index in [4.69, 9.17) is 9.47 Å². The Morgan fingerprint density at radius 2 is 2.09 bits per heavy atom. The Balaban J connectivity index is 1.99. The number of aromatic nitrogens is 1. The normalized spacial score (nSPS) is 15.3. The zero-order valence-electron chi connectivity index (χ0n) is 13.1. The molecule has 0 radical (unpaired) electrons. The van der Waals surface area contributed by atoms with E-state index in [0.717, 1.165) is 54.9 Å². The number of esters is 1. The Bertz CT molecular complexity index is 672. The summed E-state index contributed by atoms with van der Waals surface area (Å²) in [4.78, 5) is 17.7. The van der Waals surface area contributed by atoms with E-state index in [2.05, 4.69) is 35.0 Å². The molecule has 0 spiro atoms. The van der Waals surface area contributed by atoms with E-state index in [1.165, 1.54) is 0 Å². The lowest BCUT2D eigenvalue weighted by atomic mass is 10.1. The fraction of sp³-hybridized carbons (Fsp3) is 0.471. The monoisotopic (exact) mass is 302 g/mol. The number of carbonyl (C=O) groups is 1. The quantitative estimate of drug-likeness (QED) is 0.882. The van der Waals surface area contributed by atoms with Crippen LogP contribution in [0.25, 0.3) is 10.9 Å². The van der Waals surface area contributed by atoms with Crippen LogP contribution in [0.15, 0.2) is 18.2 Å². The molecule has 5 nitrogen and oxygen atoms in total. The molecule has 1 aromatic carbocycles. The zero-order chi connectivity index (χ0) is 15.5. The van der Waals surface area contributed by atoms with Crippen LogP contribution < -0.4 is 4.90 Å².